The zero-order chi connectivity index (χ0) is 19.5. The van der Waals surface area contributed by atoms with E-state index in [1.54, 1.807) is 0 Å². The molecule has 0 aliphatic heterocycles. The highest BCUT2D eigenvalue weighted by Crippen LogP contribution is 2.27. The molecule has 1 atom stereocenters. The Morgan fingerprint density at radius 2 is 1.77 bits per heavy atom. The lowest BCUT2D eigenvalue weighted by molar-refractivity contribution is -0.119. The number of carbonyl (C=O) groups excluding carboxylic acids is 1. The highest BCUT2D eigenvalue weighted by Gasteiger charge is 2.17. The Morgan fingerprint density at radius 3 is 2.31 bits per heavy atom. The van der Waals surface area contributed by atoms with Gasteiger partial charge in [0, 0.05) is 18.7 Å². The van der Waals surface area contributed by atoms with E-state index in [0.29, 0.717) is 11.7 Å². The van der Waals surface area contributed by atoms with Gasteiger partial charge in [-0.05, 0) is 23.8 Å². The molecule has 142 valence electrons. The van der Waals surface area contributed by atoms with E-state index < -0.39 is 0 Å². The number of carbonyl (C=O) groups is 1. The van der Waals surface area contributed by atoms with Crippen LogP contribution in [0.3, 0.4) is 0 Å². The van der Waals surface area contributed by atoms with Crippen LogP contribution in [0.25, 0.3) is 11.4 Å². The van der Waals surface area contributed by atoms with E-state index in [0.717, 1.165) is 16.5 Å². The second kappa shape index (κ2) is 8.25. The van der Waals surface area contributed by atoms with Crippen molar-refractivity contribution >= 4 is 17.7 Å². The Hall–Kier alpha value is -1.82. The fourth-order valence-corrected chi connectivity index (χ4v) is 3.13. The van der Waals surface area contributed by atoms with Crippen LogP contribution in [-0.4, -0.2) is 32.5 Å². The minimum Gasteiger partial charge on any atom is -0.353 e. The molecule has 1 N–H and O–H groups in total. The second-order valence-corrected chi connectivity index (χ2v) is 9.02. The van der Waals surface area contributed by atoms with Crippen molar-refractivity contribution in [2.24, 2.45) is 13.0 Å². The van der Waals surface area contributed by atoms with Crippen LogP contribution in [0.1, 0.15) is 47.1 Å². The summed E-state index contributed by atoms with van der Waals surface area (Å²) >= 11 is 1.41. The van der Waals surface area contributed by atoms with Gasteiger partial charge < -0.3 is 9.88 Å². The molecule has 2 rings (SSSR count). The molecule has 1 unspecified atom stereocenters. The molecule has 0 saturated carbocycles. The van der Waals surface area contributed by atoms with Gasteiger partial charge in [0.25, 0.3) is 0 Å². The summed E-state index contributed by atoms with van der Waals surface area (Å²) in [6.07, 6.45) is 0. The van der Waals surface area contributed by atoms with Crippen LogP contribution in [0.2, 0.25) is 0 Å². The van der Waals surface area contributed by atoms with Crippen molar-refractivity contribution in [1.82, 2.24) is 20.1 Å². The maximum atomic E-state index is 12.1. The molecule has 0 fully saturated rings. The summed E-state index contributed by atoms with van der Waals surface area (Å²) in [7, 11) is 1.93. The number of hydrogen-bond acceptors (Lipinski definition) is 4. The first-order chi connectivity index (χ1) is 12.1. The van der Waals surface area contributed by atoms with Gasteiger partial charge in [-0.3, -0.25) is 4.79 Å². The third kappa shape index (κ3) is 5.10. The predicted octanol–water partition coefficient (Wildman–Crippen LogP) is 4.03. The normalized spacial score (nSPS) is 13.1. The Morgan fingerprint density at radius 1 is 1.15 bits per heavy atom. The van der Waals surface area contributed by atoms with Gasteiger partial charge >= 0.3 is 0 Å². The van der Waals surface area contributed by atoms with E-state index in [9.17, 15) is 4.79 Å². The second-order valence-electron chi connectivity index (χ2n) is 8.08. The quantitative estimate of drug-likeness (QED) is 0.776. The van der Waals surface area contributed by atoms with Crippen molar-refractivity contribution in [1.29, 1.82) is 0 Å². The van der Waals surface area contributed by atoms with E-state index in [-0.39, 0.29) is 17.4 Å². The van der Waals surface area contributed by atoms with Gasteiger partial charge in [-0.15, -0.1) is 10.2 Å². The number of benzene rings is 1. The fraction of sp³-hybridized carbons (Fsp3) is 0.550. The van der Waals surface area contributed by atoms with Crippen LogP contribution in [0.15, 0.2) is 29.4 Å². The van der Waals surface area contributed by atoms with Crippen LogP contribution in [-0.2, 0) is 17.3 Å². The molecule has 2 aromatic rings. The van der Waals surface area contributed by atoms with Gasteiger partial charge in [0.2, 0.25) is 5.91 Å². The number of aromatic nitrogens is 3. The van der Waals surface area contributed by atoms with Gasteiger partial charge in [-0.1, -0.05) is 70.6 Å². The maximum Gasteiger partial charge on any atom is 0.230 e. The predicted molar refractivity (Wildman–Crippen MR) is 108 cm³/mol. The van der Waals surface area contributed by atoms with Crippen molar-refractivity contribution in [2.45, 2.75) is 58.2 Å². The molecule has 0 spiro atoms. The lowest BCUT2D eigenvalue weighted by Gasteiger charge is -2.19. The van der Waals surface area contributed by atoms with E-state index in [1.807, 2.05) is 18.5 Å². The smallest absolute Gasteiger partial charge is 0.230 e. The fourth-order valence-electron chi connectivity index (χ4n) is 2.40. The maximum absolute atomic E-state index is 12.1. The van der Waals surface area contributed by atoms with E-state index in [4.69, 9.17) is 0 Å². The highest BCUT2D eigenvalue weighted by atomic mass is 32.2. The van der Waals surface area contributed by atoms with Crippen molar-refractivity contribution in [2.75, 3.05) is 5.75 Å². The molecule has 1 amide bonds. The number of nitrogens with one attached hydrogen (secondary N) is 1. The summed E-state index contributed by atoms with van der Waals surface area (Å²) < 4.78 is 1.94. The Balaban J connectivity index is 2.05. The van der Waals surface area contributed by atoms with Crippen LogP contribution in [0.4, 0.5) is 0 Å². The summed E-state index contributed by atoms with van der Waals surface area (Å²) in [5, 5.41) is 12.3. The molecular weight excluding hydrogens is 344 g/mol. The van der Waals surface area contributed by atoms with Crippen molar-refractivity contribution in [3.8, 4) is 11.4 Å². The van der Waals surface area contributed by atoms with E-state index in [1.165, 1.54) is 17.3 Å². The zero-order valence-corrected chi connectivity index (χ0v) is 17.6. The number of nitrogens with zero attached hydrogens (tertiary/aromatic N) is 3. The summed E-state index contributed by atoms with van der Waals surface area (Å²) in [5.74, 6) is 1.59. The molecule has 0 aliphatic rings. The summed E-state index contributed by atoms with van der Waals surface area (Å²) in [6.45, 7) is 12.8. The molecule has 0 bridgehead atoms. The average Bonchev–Trinajstić information content (AvgIpc) is 2.93. The summed E-state index contributed by atoms with van der Waals surface area (Å²) in [4.78, 5) is 12.1. The average molecular weight is 375 g/mol. The first kappa shape index (κ1) is 20.5. The molecule has 6 heteroatoms. The van der Waals surface area contributed by atoms with Gasteiger partial charge in [0.1, 0.15) is 0 Å². The zero-order valence-electron chi connectivity index (χ0n) is 16.8. The van der Waals surface area contributed by atoms with Crippen molar-refractivity contribution in [3.63, 3.8) is 0 Å². The molecule has 26 heavy (non-hydrogen) atoms. The summed E-state index contributed by atoms with van der Waals surface area (Å²) in [6, 6.07) is 8.60. The van der Waals surface area contributed by atoms with Crippen LogP contribution in [0.5, 0.6) is 0 Å². The lowest BCUT2D eigenvalue weighted by atomic mass is 9.87. The lowest BCUT2D eigenvalue weighted by Crippen LogP contribution is -2.37. The van der Waals surface area contributed by atoms with Gasteiger partial charge in [-0.2, -0.15) is 0 Å². The van der Waals surface area contributed by atoms with Gasteiger partial charge in [0.15, 0.2) is 11.0 Å². The highest BCUT2D eigenvalue weighted by molar-refractivity contribution is 7.99. The van der Waals surface area contributed by atoms with Gasteiger partial charge in [0.05, 0.1) is 5.75 Å². The van der Waals surface area contributed by atoms with Crippen molar-refractivity contribution in [3.05, 3.63) is 29.8 Å². The number of amides is 1. The third-order valence-electron chi connectivity index (χ3n) is 4.57. The molecule has 1 aromatic carbocycles. The van der Waals surface area contributed by atoms with Crippen LogP contribution < -0.4 is 5.32 Å². The first-order valence-corrected chi connectivity index (χ1v) is 10.0. The van der Waals surface area contributed by atoms with Crippen LogP contribution in [0, 0.1) is 5.92 Å². The minimum absolute atomic E-state index is 0.0234. The largest absolute Gasteiger partial charge is 0.353 e. The van der Waals surface area contributed by atoms with E-state index >= 15 is 0 Å². The first-order valence-electron chi connectivity index (χ1n) is 9.02. The van der Waals surface area contributed by atoms with E-state index in [2.05, 4.69) is 74.4 Å². The molecule has 0 radical (unpaired) electrons. The third-order valence-corrected chi connectivity index (χ3v) is 5.59. The van der Waals surface area contributed by atoms with Crippen LogP contribution >= 0.6 is 11.8 Å². The molecular formula is C20H30N4OS. The summed E-state index contributed by atoms with van der Waals surface area (Å²) in [5.41, 5.74) is 2.44. The topological polar surface area (TPSA) is 59.8 Å². The molecule has 5 nitrogen and oxygen atoms in total. The number of thioether (sulfide) groups is 1. The number of hydrogen-bond donors (Lipinski definition) is 1. The molecule has 0 aliphatic carbocycles. The monoisotopic (exact) mass is 374 g/mol. The SMILES string of the molecule is CC(C)C(C)NC(=O)CSc1nnc(-c2ccc(C(C)(C)C)cc2)n1C. The minimum atomic E-state index is 0.0234. The molecule has 1 heterocycles. The molecule has 1 aromatic heterocycles. The van der Waals surface area contributed by atoms with Crippen molar-refractivity contribution < 1.29 is 4.79 Å². The Labute approximate surface area is 161 Å². The Bertz CT molecular complexity index is 744. The number of rotatable bonds is 6. The Kier molecular flexibility index (Phi) is 6.50. The standard InChI is InChI=1S/C20H30N4OS/c1-13(2)14(3)21-17(25)12-26-19-23-22-18(24(19)7)15-8-10-16(11-9-15)20(4,5)6/h8-11,13-14H,12H2,1-7H3,(H,21,25). The van der Waals surface area contributed by atoms with Gasteiger partial charge in [-0.25, -0.2) is 0 Å². The molecule has 0 saturated heterocycles.